The molecule has 2 N–H and O–H groups in total. The molecule has 0 spiro atoms. The van der Waals surface area contributed by atoms with Gasteiger partial charge in [0.25, 0.3) is 11.8 Å². The lowest BCUT2D eigenvalue weighted by Gasteiger charge is -2.12. The topological polar surface area (TPSA) is 93.5 Å². The fraction of sp³-hybridized carbons (Fsp3) is 0.150. The average Bonchev–Trinajstić information content (AvgIpc) is 3.22. The fourth-order valence-corrected chi connectivity index (χ4v) is 2.65. The summed E-state index contributed by atoms with van der Waals surface area (Å²) in [6, 6.07) is 9.77. The maximum atomic E-state index is 12.6. The number of benzene rings is 1. The number of nitrogens with zero attached hydrogens (tertiary/aromatic N) is 1. The summed E-state index contributed by atoms with van der Waals surface area (Å²) in [5.41, 5.74) is 1.69. The van der Waals surface area contributed by atoms with Crippen molar-refractivity contribution in [1.29, 1.82) is 0 Å². The van der Waals surface area contributed by atoms with Crippen molar-refractivity contribution in [1.82, 2.24) is 10.3 Å². The Labute approximate surface area is 166 Å². The zero-order valence-electron chi connectivity index (χ0n) is 15.3. The molecule has 2 heterocycles. The Morgan fingerprint density at radius 3 is 2.75 bits per heavy atom. The second-order valence-corrected chi connectivity index (χ2v) is 6.35. The quantitative estimate of drug-likeness (QED) is 0.657. The predicted octanol–water partition coefficient (Wildman–Crippen LogP) is 3.83. The number of nitrogens with one attached hydrogen (secondary N) is 2. The molecule has 7 nitrogen and oxygen atoms in total. The number of anilines is 1. The van der Waals surface area contributed by atoms with Gasteiger partial charge in [0.05, 0.1) is 25.6 Å². The predicted molar refractivity (Wildman–Crippen MR) is 105 cm³/mol. The van der Waals surface area contributed by atoms with Gasteiger partial charge in [0, 0.05) is 22.8 Å². The summed E-state index contributed by atoms with van der Waals surface area (Å²) in [5.74, 6) is 0.246. The first kappa shape index (κ1) is 19.4. The molecule has 0 aliphatic carbocycles. The van der Waals surface area contributed by atoms with E-state index >= 15 is 0 Å². The van der Waals surface area contributed by atoms with Crippen molar-refractivity contribution < 1.29 is 18.7 Å². The second-order valence-electron chi connectivity index (χ2n) is 5.95. The molecule has 0 atom stereocenters. The van der Waals surface area contributed by atoms with E-state index in [4.69, 9.17) is 20.8 Å². The van der Waals surface area contributed by atoms with Gasteiger partial charge in [0.1, 0.15) is 17.2 Å². The normalized spacial score (nSPS) is 10.4. The Morgan fingerprint density at radius 2 is 2.04 bits per heavy atom. The molecule has 0 unspecified atom stereocenters. The molecule has 28 heavy (non-hydrogen) atoms. The highest BCUT2D eigenvalue weighted by Gasteiger charge is 2.15. The van der Waals surface area contributed by atoms with E-state index in [0.717, 1.165) is 5.56 Å². The number of amides is 2. The summed E-state index contributed by atoms with van der Waals surface area (Å²) in [6.45, 7) is 2.05. The second kappa shape index (κ2) is 8.58. The number of ether oxygens (including phenoxy) is 1. The zero-order chi connectivity index (χ0) is 20.1. The van der Waals surface area contributed by atoms with Gasteiger partial charge in [0.2, 0.25) is 0 Å². The van der Waals surface area contributed by atoms with Crippen LogP contribution in [0.3, 0.4) is 0 Å². The van der Waals surface area contributed by atoms with Crippen LogP contribution in [0.15, 0.2) is 53.3 Å². The lowest BCUT2D eigenvalue weighted by Crippen LogP contribution is -2.24. The van der Waals surface area contributed by atoms with Gasteiger partial charge in [-0.05, 0) is 42.8 Å². The molecule has 0 bridgehead atoms. The Hall–Kier alpha value is -3.32. The molecular formula is C20H18ClN3O4. The van der Waals surface area contributed by atoms with Crippen molar-refractivity contribution in [2.24, 2.45) is 0 Å². The summed E-state index contributed by atoms with van der Waals surface area (Å²) in [7, 11) is 1.49. The molecule has 0 aliphatic heterocycles. The smallest absolute Gasteiger partial charge is 0.270 e. The van der Waals surface area contributed by atoms with Crippen LogP contribution < -0.4 is 15.4 Å². The van der Waals surface area contributed by atoms with E-state index < -0.39 is 11.8 Å². The number of carbonyl (C=O) groups excluding carboxylic acids is 2. The van der Waals surface area contributed by atoms with Crippen LogP contribution in [0, 0.1) is 6.92 Å². The molecule has 0 saturated heterocycles. The zero-order valence-corrected chi connectivity index (χ0v) is 16.0. The highest BCUT2D eigenvalue weighted by Crippen LogP contribution is 2.31. The van der Waals surface area contributed by atoms with E-state index in [0.29, 0.717) is 22.2 Å². The van der Waals surface area contributed by atoms with Crippen LogP contribution in [0.25, 0.3) is 0 Å². The number of aryl methyl sites for hydroxylation is 1. The average molecular weight is 400 g/mol. The van der Waals surface area contributed by atoms with E-state index in [2.05, 4.69) is 15.6 Å². The summed E-state index contributed by atoms with van der Waals surface area (Å²) in [4.78, 5) is 28.9. The van der Waals surface area contributed by atoms with E-state index in [9.17, 15) is 9.59 Å². The van der Waals surface area contributed by atoms with Gasteiger partial charge in [-0.2, -0.15) is 0 Å². The van der Waals surface area contributed by atoms with Crippen molar-refractivity contribution in [2.75, 3.05) is 12.4 Å². The first-order valence-electron chi connectivity index (χ1n) is 8.40. The van der Waals surface area contributed by atoms with Crippen LogP contribution in [0.4, 0.5) is 5.69 Å². The molecule has 8 heteroatoms. The number of hydrogen-bond acceptors (Lipinski definition) is 5. The number of furan rings is 1. The molecule has 3 rings (SSSR count). The number of aromatic nitrogens is 1. The van der Waals surface area contributed by atoms with Crippen LogP contribution >= 0.6 is 11.6 Å². The van der Waals surface area contributed by atoms with E-state index in [1.165, 1.54) is 31.7 Å². The third kappa shape index (κ3) is 4.50. The monoisotopic (exact) mass is 399 g/mol. The first-order chi connectivity index (χ1) is 13.5. The van der Waals surface area contributed by atoms with Crippen LogP contribution in [-0.4, -0.2) is 23.9 Å². The summed E-state index contributed by atoms with van der Waals surface area (Å²) < 4.78 is 10.4. The van der Waals surface area contributed by atoms with Crippen molar-refractivity contribution in [2.45, 2.75) is 13.5 Å². The minimum absolute atomic E-state index is 0.124. The van der Waals surface area contributed by atoms with Crippen molar-refractivity contribution in [3.05, 3.63) is 76.5 Å². The molecular weight excluding hydrogens is 382 g/mol. The van der Waals surface area contributed by atoms with E-state index in [-0.39, 0.29) is 17.8 Å². The Bertz CT molecular complexity index is 1000. The van der Waals surface area contributed by atoms with Gasteiger partial charge in [-0.3, -0.25) is 14.6 Å². The highest BCUT2D eigenvalue weighted by molar-refractivity contribution is 6.31. The molecule has 0 aliphatic rings. The van der Waals surface area contributed by atoms with Crippen LogP contribution in [0.2, 0.25) is 5.02 Å². The summed E-state index contributed by atoms with van der Waals surface area (Å²) in [6.07, 6.45) is 2.93. The standard InChI is InChI=1S/C20H18ClN3O4/c1-12-8-16(18(27-2)10-15(12)21)24-19(25)13-5-6-22-17(9-13)20(26)23-11-14-4-3-7-28-14/h3-10H,11H2,1-2H3,(H,23,26)(H,24,25). The third-order valence-corrected chi connectivity index (χ3v) is 4.39. The minimum Gasteiger partial charge on any atom is -0.495 e. The number of methoxy groups -OCH3 is 1. The number of rotatable bonds is 6. The number of halogens is 1. The number of hydrogen-bond donors (Lipinski definition) is 2. The van der Waals surface area contributed by atoms with Gasteiger partial charge in [-0.15, -0.1) is 0 Å². The van der Waals surface area contributed by atoms with Crippen LogP contribution in [0.1, 0.15) is 32.2 Å². The summed E-state index contributed by atoms with van der Waals surface area (Å²) in [5, 5.41) is 5.99. The number of pyridine rings is 1. The highest BCUT2D eigenvalue weighted by atomic mass is 35.5. The largest absolute Gasteiger partial charge is 0.495 e. The lowest BCUT2D eigenvalue weighted by atomic mass is 10.1. The molecule has 3 aromatic rings. The molecule has 1 aromatic carbocycles. The van der Waals surface area contributed by atoms with E-state index in [1.54, 1.807) is 24.3 Å². The van der Waals surface area contributed by atoms with Gasteiger partial charge >= 0.3 is 0 Å². The Morgan fingerprint density at radius 1 is 1.21 bits per heavy atom. The van der Waals surface area contributed by atoms with Crippen molar-refractivity contribution in [3.8, 4) is 5.75 Å². The molecule has 2 amide bonds. The third-order valence-electron chi connectivity index (χ3n) is 3.99. The number of carbonyl (C=O) groups is 2. The molecule has 0 saturated carbocycles. The molecule has 2 aromatic heterocycles. The first-order valence-corrected chi connectivity index (χ1v) is 8.78. The Kier molecular flexibility index (Phi) is 5.96. The fourth-order valence-electron chi connectivity index (χ4n) is 2.49. The molecule has 0 fully saturated rings. The molecule has 144 valence electrons. The van der Waals surface area contributed by atoms with Crippen molar-refractivity contribution >= 4 is 29.1 Å². The van der Waals surface area contributed by atoms with Gasteiger partial charge in [-0.25, -0.2) is 0 Å². The lowest BCUT2D eigenvalue weighted by molar-refractivity contribution is 0.0943. The Balaban J connectivity index is 1.73. The van der Waals surface area contributed by atoms with Gasteiger partial charge in [-0.1, -0.05) is 11.6 Å². The maximum Gasteiger partial charge on any atom is 0.270 e. The minimum atomic E-state index is -0.411. The molecule has 0 radical (unpaired) electrons. The SMILES string of the molecule is COc1cc(Cl)c(C)cc1NC(=O)c1ccnc(C(=O)NCc2ccco2)c1. The van der Waals surface area contributed by atoms with Crippen molar-refractivity contribution in [3.63, 3.8) is 0 Å². The van der Waals surface area contributed by atoms with Crippen LogP contribution in [0.5, 0.6) is 5.75 Å². The van der Waals surface area contributed by atoms with Crippen LogP contribution in [-0.2, 0) is 6.54 Å². The summed E-state index contributed by atoms with van der Waals surface area (Å²) >= 11 is 6.09. The van der Waals surface area contributed by atoms with Gasteiger partial charge in [0.15, 0.2) is 0 Å². The maximum absolute atomic E-state index is 12.6. The van der Waals surface area contributed by atoms with Gasteiger partial charge < -0.3 is 19.8 Å². The van der Waals surface area contributed by atoms with E-state index in [1.807, 2.05) is 6.92 Å².